The molecule has 0 radical (unpaired) electrons. The van der Waals surface area contributed by atoms with Crippen LogP contribution in [0.5, 0.6) is 17.2 Å². The number of aryl methyl sites for hydroxylation is 1. The normalized spacial score (nSPS) is 11.1. The van der Waals surface area contributed by atoms with Crippen molar-refractivity contribution in [3.05, 3.63) is 131 Å². The van der Waals surface area contributed by atoms with Crippen LogP contribution in [0.25, 0.3) is 10.6 Å². The standard InChI is InChI=1S/C34H34N2O2S/c1-3-36(25-28-11-10-16-32(23-28)38-31-14-8-5-9-15-31)24-27-17-19-30(20-18-27)37-22-21-33-26(2)39-34(35-33)29-12-6-4-7-13-29/h4-20,23H,3,21-22,24-25H2,1-2H3. The fourth-order valence-corrected chi connectivity index (χ4v) is 5.41. The molecular formula is C34H34N2O2S. The smallest absolute Gasteiger partial charge is 0.127 e. The molecule has 198 valence electrons. The predicted molar refractivity (Wildman–Crippen MR) is 161 cm³/mol. The SMILES string of the molecule is CCN(Cc1ccc(OCCc2nc(-c3ccccc3)sc2C)cc1)Cc1cccc(Oc2ccccc2)c1. The van der Waals surface area contributed by atoms with Gasteiger partial charge in [-0.2, -0.15) is 0 Å². The second kappa shape index (κ2) is 13.2. The molecule has 0 atom stereocenters. The lowest BCUT2D eigenvalue weighted by Gasteiger charge is -2.21. The van der Waals surface area contributed by atoms with E-state index in [2.05, 4.69) is 85.5 Å². The minimum absolute atomic E-state index is 0.612. The third-order valence-electron chi connectivity index (χ3n) is 6.58. The molecule has 0 aliphatic carbocycles. The van der Waals surface area contributed by atoms with Crippen LogP contribution in [0.1, 0.15) is 28.6 Å². The van der Waals surface area contributed by atoms with Crippen molar-refractivity contribution in [3.8, 4) is 27.8 Å². The number of rotatable bonds is 12. The summed E-state index contributed by atoms with van der Waals surface area (Å²) in [6.07, 6.45) is 0.799. The van der Waals surface area contributed by atoms with Gasteiger partial charge in [-0.25, -0.2) is 4.98 Å². The fraction of sp³-hybridized carbons (Fsp3) is 0.206. The Morgan fingerprint density at radius 3 is 2.15 bits per heavy atom. The second-order valence-corrected chi connectivity index (χ2v) is 10.7. The lowest BCUT2D eigenvalue weighted by molar-refractivity contribution is 0.270. The molecule has 4 aromatic carbocycles. The van der Waals surface area contributed by atoms with Crippen LogP contribution < -0.4 is 9.47 Å². The van der Waals surface area contributed by atoms with Gasteiger partial charge in [0.1, 0.15) is 22.3 Å². The first-order valence-electron chi connectivity index (χ1n) is 13.4. The Kier molecular flexibility index (Phi) is 9.05. The summed E-state index contributed by atoms with van der Waals surface area (Å²) in [6, 6.07) is 37.1. The fourth-order valence-electron chi connectivity index (χ4n) is 4.45. The number of benzene rings is 4. The summed E-state index contributed by atoms with van der Waals surface area (Å²) < 4.78 is 12.1. The van der Waals surface area contributed by atoms with Gasteiger partial charge in [0.2, 0.25) is 0 Å². The zero-order valence-corrected chi connectivity index (χ0v) is 23.4. The first-order chi connectivity index (χ1) is 19.2. The number of hydrogen-bond acceptors (Lipinski definition) is 5. The molecule has 0 aliphatic rings. The van der Waals surface area contributed by atoms with E-state index in [1.54, 1.807) is 11.3 Å². The molecular weight excluding hydrogens is 500 g/mol. The molecule has 0 unspecified atom stereocenters. The van der Waals surface area contributed by atoms with Gasteiger partial charge in [-0.1, -0.05) is 79.7 Å². The number of ether oxygens (including phenoxy) is 2. The van der Waals surface area contributed by atoms with Crippen LogP contribution in [0.3, 0.4) is 0 Å². The molecule has 5 rings (SSSR count). The summed E-state index contributed by atoms with van der Waals surface area (Å²) in [4.78, 5) is 8.53. The molecule has 39 heavy (non-hydrogen) atoms. The Balaban J connectivity index is 1.12. The highest BCUT2D eigenvalue weighted by molar-refractivity contribution is 7.15. The molecule has 4 nitrogen and oxygen atoms in total. The Hall–Kier alpha value is -3.93. The van der Waals surface area contributed by atoms with Gasteiger partial charge in [-0.05, 0) is 61.0 Å². The summed E-state index contributed by atoms with van der Waals surface area (Å²) in [5, 5.41) is 1.07. The van der Waals surface area contributed by atoms with Crippen molar-refractivity contribution >= 4 is 11.3 Å². The van der Waals surface area contributed by atoms with Crippen LogP contribution in [0.2, 0.25) is 0 Å². The van der Waals surface area contributed by atoms with E-state index < -0.39 is 0 Å². The zero-order chi connectivity index (χ0) is 26.9. The molecule has 0 spiro atoms. The lowest BCUT2D eigenvalue weighted by Crippen LogP contribution is -2.22. The Morgan fingerprint density at radius 2 is 1.41 bits per heavy atom. The first-order valence-corrected chi connectivity index (χ1v) is 14.3. The van der Waals surface area contributed by atoms with Crippen LogP contribution in [-0.4, -0.2) is 23.0 Å². The molecule has 0 fully saturated rings. The number of aromatic nitrogens is 1. The maximum atomic E-state index is 6.06. The number of nitrogens with zero attached hydrogens (tertiary/aromatic N) is 2. The highest BCUT2D eigenvalue weighted by Crippen LogP contribution is 2.28. The number of hydrogen-bond donors (Lipinski definition) is 0. The Labute approximate surface area is 235 Å². The highest BCUT2D eigenvalue weighted by Gasteiger charge is 2.10. The highest BCUT2D eigenvalue weighted by atomic mass is 32.1. The molecule has 0 saturated heterocycles. The van der Waals surface area contributed by atoms with E-state index in [0.717, 1.165) is 54.0 Å². The Bertz CT molecular complexity index is 1450. The van der Waals surface area contributed by atoms with Crippen molar-refractivity contribution in [1.29, 1.82) is 0 Å². The molecule has 0 aliphatic heterocycles. The van der Waals surface area contributed by atoms with E-state index in [4.69, 9.17) is 14.5 Å². The molecule has 1 aromatic heterocycles. The molecule has 1 heterocycles. The van der Waals surface area contributed by atoms with Crippen molar-refractivity contribution in [3.63, 3.8) is 0 Å². The molecule has 0 N–H and O–H groups in total. The van der Waals surface area contributed by atoms with Crippen molar-refractivity contribution in [2.75, 3.05) is 13.2 Å². The van der Waals surface area contributed by atoms with Gasteiger partial charge >= 0.3 is 0 Å². The van der Waals surface area contributed by atoms with Crippen LogP contribution in [-0.2, 0) is 19.5 Å². The van der Waals surface area contributed by atoms with Gasteiger partial charge in [0.05, 0.1) is 12.3 Å². The first kappa shape index (κ1) is 26.7. The van der Waals surface area contributed by atoms with Crippen LogP contribution >= 0.6 is 11.3 Å². The van der Waals surface area contributed by atoms with Gasteiger partial charge in [0, 0.05) is 30.0 Å². The summed E-state index contributed by atoms with van der Waals surface area (Å²) in [5.41, 5.74) is 4.79. The second-order valence-electron chi connectivity index (χ2n) is 9.50. The minimum Gasteiger partial charge on any atom is -0.493 e. The molecule has 0 bridgehead atoms. The molecule has 0 amide bonds. The van der Waals surface area contributed by atoms with Gasteiger partial charge in [0.15, 0.2) is 0 Å². The zero-order valence-electron chi connectivity index (χ0n) is 22.5. The number of thiazole rings is 1. The van der Waals surface area contributed by atoms with Gasteiger partial charge in [-0.15, -0.1) is 11.3 Å². The van der Waals surface area contributed by atoms with E-state index in [-0.39, 0.29) is 0 Å². The van der Waals surface area contributed by atoms with Crippen molar-refractivity contribution in [2.24, 2.45) is 0 Å². The van der Waals surface area contributed by atoms with Gasteiger partial charge in [0.25, 0.3) is 0 Å². The average molecular weight is 535 g/mol. The summed E-state index contributed by atoms with van der Waals surface area (Å²) >= 11 is 1.75. The maximum absolute atomic E-state index is 6.06. The average Bonchev–Trinajstić information content (AvgIpc) is 3.35. The summed E-state index contributed by atoms with van der Waals surface area (Å²) in [7, 11) is 0. The largest absolute Gasteiger partial charge is 0.493 e. The Morgan fingerprint density at radius 1 is 0.718 bits per heavy atom. The van der Waals surface area contributed by atoms with Gasteiger partial charge < -0.3 is 9.47 Å². The molecule has 0 saturated carbocycles. The van der Waals surface area contributed by atoms with E-state index >= 15 is 0 Å². The van der Waals surface area contributed by atoms with Crippen molar-refractivity contribution in [2.45, 2.75) is 33.4 Å². The third kappa shape index (κ3) is 7.56. The van der Waals surface area contributed by atoms with Crippen molar-refractivity contribution in [1.82, 2.24) is 9.88 Å². The quantitative estimate of drug-likeness (QED) is 0.161. The predicted octanol–water partition coefficient (Wildman–Crippen LogP) is 8.55. The van der Waals surface area contributed by atoms with Crippen LogP contribution in [0, 0.1) is 6.92 Å². The minimum atomic E-state index is 0.612. The monoisotopic (exact) mass is 534 g/mol. The molecule has 5 aromatic rings. The maximum Gasteiger partial charge on any atom is 0.127 e. The van der Waals surface area contributed by atoms with E-state index in [1.165, 1.54) is 21.6 Å². The van der Waals surface area contributed by atoms with Crippen molar-refractivity contribution < 1.29 is 9.47 Å². The van der Waals surface area contributed by atoms with E-state index in [9.17, 15) is 0 Å². The number of para-hydroxylation sites is 1. The van der Waals surface area contributed by atoms with Crippen LogP contribution in [0.15, 0.2) is 109 Å². The van der Waals surface area contributed by atoms with Crippen LogP contribution in [0.4, 0.5) is 0 Å². The molecule has 5 heteroatoms. The van der Waals surface area contributed by atoms with E-state index in [1.807, 2.05) is 42.5 Å². The lowest BCUT2D eigenvalue weighted by atomic mass is 10.1. The summed E-state index contributed by atoms with van der Waals surface area (Å²) in [5.74, 6) is 2.60. The van der Waals surface area contributed by atoms with E-state index in [0.29, 0.717) is 6.61 Å². The summed E-state index contributed by atoms with van der Waals surface area (Å²) in [6.45, 7) is 7.64. The topological polar surface area (TPSA) is 34.6 Å². The third-order valence-corrected chi connectivity index (χ3v) is 7.64. The van der Waals surface area contributed by atoms with Gasteiger partial charge in [-0.3, -0.25) is 4.90 Å².